The topological polar surface area (TPSA) is 63.2 Å². The highest BCUT2D eigenvalue weighted by Gasteiger charge is 2.34. The molecule has 2 heterocycles. The number of benzene rings is 1. The first-order valence-corrected chi connectivity index (χ1v) is 6.93. The van der Waals surface area contributed by atoms with E-state index in [2.05, 4.69) is 16.3 Å². The van der Waals surface area contributed by atoms with E-state index in [0.717, 1.165) is 17.3 Å². The maximum Gasteiger partial charge on any atom is 0.170 e. The zero-order chi connectivity index (χ0) is 13.5. The van der Waals surface area contributed by atoms with Crippen molar-refractivity contribution in [3.63, 3.8) is 0 Å². The van der Waals surface area contributed by atoms with Gasteiger partial charge in [-0.2, -0.15) is 10.4 Å². The average molecular weight is 266 g/mol. The molecule has 5 heteroatoms. The first-order valence-electron chi connectivity index (χ1n) is 6.93. The minimum Gasteiger partial charge on any atom is -0.390 e. The molecule has 4 rings (SSSR count). The predicted molar refractivity (Wildman–Crippen MR) is 74.1 cm³/mol. The SMILES string of the molecule is N#Cc1nn(CC2CC(C3CC3)=NO2)c2ccccc12. The zero-order valence-corrected chi connectivity index (χ0v) is 11.0. The summed E-state index contributed by atoms with van der Waals surface area (Å²) in [5.41, 5.74) is 2.65. The van der Waals surface area contributed by atoms with Gasteiger partial charge in [-0.25, -0.2) is 0 Å². The van der Waals surface area contributed by atoms with Gasteiger partial charge in [-0.05, 0) is 25.0 Å². The van der Waals surface area contributed by atoms with Gasteiger partial charge in [0.15, 0.2) is 11.8 Å². The molecule has 0 spiro atoms. The normalized spacial score (nSPS) is 21.6. The molecule has 0 N–H and O–H groups in total. The molecule has 0 amide bonds. The van der Waals surface area contributed by atoms with Crippen LogP contribution in [0.4, 0.5) is 0 Å². The monoisotopic (exact) mass is 266 g/mol. The highest BCUT2D eigenvalue weighted by Crippen LogP contribution is 2.35. The third-order valence-electron chi connectivity index (χ3n) is 3.94. The summed E-state index contributed by atoms with van der Waals surface area (Å²) in [6, 6.07) is 9.96. The Hall–Kier alpha value is -2.35. The van der Waals surface area contributed by atoms with Crippen molar-refractivity contribution in [2.75, 3.05) is 0 Å². The molecule has 1 fully saturated rings. The molecule has 0 saturated heterocycles. The number of fused-ring (bicyclic) bond motifs is 1. The van der Waals surface area contributed by atoms with Gasteiger partial charge < -0.3 is 4.84 Å². The molecular weight excluding hydrogens is 252 g/mol. The number of aromatic nitrogens is 2. The van der Waals surface area contributed by atoms with Gasteiger partial charge in [-0.3, -0.25) is 4.68 Å². The lowest BCUT2D eigenvalue weighted by atomic mass is 10.1. The van der Waals surface area contributed by atoms with Gasteiger partial charge in [0.25, 0.3) is 0 Å². The first kappa shape index (κ1) is 11.5. The predicted octanol–water partition coefficient (Wildman–Crippen LogP) is 2.46. The van der Waals surface area contributed by atoms with E-state index in [-0.39, 0.29) is 6.10 Å². The molecule has 1 aliphatic carbocycles. The summed E-state index contributed by atoms with van der Waals surface area (Å²) in [4.78, 5) is 5.51. The Morgan fingerprint density at radius 1 is 1.35 bits per heavy atom. The Labute approximate surface area is 116 Å². The Kier molecular flexibility index (Phi) is 2.49. The molecule has 0 bridgehead atoms. The minimum atomic E-state index is 0.0421. The summed E-state index contributed by atoms with van der Waals surface area (Å²) in [6.07, 6.45) is 3.43. The largest absolute Gasteiger partial charge is 0.390 e. The van der Waals surface area contributed by atoms with E-state index in [9.17, 15) is 0 Å². The summed E-state index contributed by atoms with van der Waals surface area (Å²) >= 11 is 0. The van der Waals surface area contributed by atoms with Crippen LogP contribution in [-0.4, -0.2) is 21.6 Å². The average Bonchev–Trinajstić information content (AvgIpc) is 3.13. The summed E-state index contributed by atoms with van der Waals surface area (Å²) in [6.45, 7) is 0.641. The van der Waals surface area contributed by atoms with Crippen LogP contribution in [0, 0.1) is 17.2 Å². The maximum atomic E-state index is 9.15. The molecule has 2 aliphatic rings. The molecule has 2 aromatic rings. The second kappa shape index (κ2) is 4.34. The van der Waals surface area contributed by atoms with Crippen molar-refractivity contribution in [3.05, 3.63) is 30.0 Å². The fourth-order valence-corrected chi connectivity index (χ4v) is 2.75. The molecule has 0 radical (unpaired) electrons. The summed E-state index contributed by atoms with van der Waals surface area (Å²) in [5, 5.41) is 18.6. The van der Waals surface area contributed by atoms with Crippen LogP contribution in [0.25, 0.3) is 10.9 Å². The van der Waals surface area contributed by atoms with Crippen LogP contribution in [0.1, 0.15) is 25.0 Å². The van der Waals surface area contributed by atoms with Crippen molar-refractivity contribution in [3.8, 4) is 6.07 Å². The smallest absolute Gasteiger partial charge is 0.170 e. The standard InChI is InChI=1S/C15H14N4O/c16-8-14-12-3-1-2-4-15(12)19(17-14)9-11-7-13(18-20-11)10-5-6-10/h1-4,10-11H,5-7,9H2. The van der Waals surface area contributed by atoms with Crippen molar-refractivity contribution >= 4 is 16.6 Å². The summed E-state index contributed by atoms with van der Waals surface area (Å²) < 4.78 is 1.86. The van der Waals surface area contributed by atoms with E-state index in [1.54, 1.807) is 0 Å². The number of nitriles is 1. The van der Waals surface area contributed by atoms with Crippen LogP contribution in [0.3, 0.4) is 0 Å². The number of hydrogen-bond donors (Lipinski definition) is 0. The summed E-state index contributed by atoms with van der Waals surface area (Å²) in [7, 11) is 0. The molecule has 100 valence electrons. The molecule has 1 atom stereocenters. The van der Waals surface area contributed by atoms with Gasteiger partial charge in [-0.1, -0.05) is 17.3 Å². The third kappa shape index (κ3) is 1.85. The molecule has 5 nitrogen and oxygen atoms in total. The molecule has 1 aromatic heterocycles. The van der Waals surface area contributed by atoms with E-state index in [0.29, 0.717) is 18.2 Å². The van der Waals surface area contributed by atoms with Crippen molar-refractivity contribution < 1.29 is 4.84 Å². The van der Waals surface area contributed by atoms with E-state index >= 15 is 0 Å². The second-order valence-corrected chi connectivity index (χ2v) is 5.45. The van der Waals surface area contributed by atoms with E-state index in [1.807, 2.05) is 28.9 Å². The molecule has 20 heavy (non-hydrogen) atoms. The van der Waals surface area contributed by atoms with Crippen molar-refractivity contribution in [2.45, 2.75) is 31.9 Å². The fraction of sp³-hybridized carbons (Fsp3) is 0.400. The Morgan fingerprint density at radius 2 is 2.20 bits per heavy atom. The van der Waals surface area contributed by atoms with Gasteiger partial charge >= 0.3 is 0 Å². The number of rotatable bonds is 3. The second-order valence-electron chi connectivity index (χ2n) is 5.45. The number of hydrogen-bond acceptors (Lipinski definition) is 4. The lowest BCUT2D eigenvalue weighted by Gasteiger charge is -2.09. The van der Waals surface area contributed by atoms with Crippen LogP contribution in [-0.2, 0) is 11.4 Å². The van der Waals surface area contributed by atoms with Crippen molar-refractivity contribution in [1.82, 2.24) is 9.78 Å². The molecule has 1 saturated carbocycles. The van der Waals surface area contributed by atoms with Crippen LogP contribution >= 0.6 is 0 Å². The maximum absolute atomic E-state index is 9.15. The van der Waals surface area contributed by atoms with Gasteiger partial charge in [0, 0.05) is 17.7 Å². The van der Waals surface area contributed by atoms with E-state index in [4.69, 9.17) is 10.1 Å². The lowest BCUT2D eigenvalue weighted by Crippen LogP contribution is -2.18. The molecular formula is C15H14N4O. The van der Waals surface area contributed by atoms with Gasteiger partial charge in [0.05, 0.1) is 17.8 Å². The quantitative estimate of drug-likeness (QED) is 0.857. The molecule has 1 unspecified atom stereocenters. The van der Waals surface area contributed by atoms with Gasteiger partial charge in [0.2, 0.25) is 0 Å². The van der Waals surface area contributed by atoms with Crippen LogP contribution in [0.5, 0.6) is 0 Å². The highest BCUT2D eigenvalue weighted by atomic mass is 16.6. The highest BCUT2D eigenvalue weighted by molar-refractivity contribution is 5.89. The Morgan fingerprint density at radius 3 is 3.00 bits per heavy atom. The molecule has 1 aliphatic heterocycles. The Bertz CT molecular complexity index is 736. The lowest BCUT2D eigenvalue weighted by molar-refractivity contribution is 0.0707. The first-order chi connectivity index (χ1) is 9.85. The van der Waals surface area contributed by atoms with E-state index < -0.39 is 0 Å². The number of oxime groups is 1. The van der Waals surface area contributed by atoms with Crippen molar-refractivity contribution in [2.24, 2.45) is 11.1 Å². The molecule has 1 aromatic carbocycles. The van der Waals surface area contributed by atoms with Crippen LogP contribution in [0.15, 0.2) is 29.4 Å². The van der Waals surface area contributed by atoms with Gasteiger partial charge in [0.1, 0.15) is 6.07 Å². The zero-order valence-electron chi connectivity index (χ0n) is 11.0. The van der Waals surface area contributed by atoms with Crippen molar-refractivity contribution in [1.29, 1.82) is 5.26 Å². The Balaban J connectivity index is 1.59. The number of para-hydroxylation sites is 1. The van der Waals surface area contributed by atoms with E-state index in [1.165, 1.54) is 18.6 Å². The summed E-state index contributed by atoms with van der Waals surface area (Å²) in [5.74, 6) is 0.657. The van der Waals surface area contributed by atoms with Crippen LogP contribution < -0.4 is 0 Å². The van der Waals surface area contributed by atoms with Gasteiger partial charge in [-0.15, -0.1) is 0 Å². The number of nitrogens with zero attached hydrogens (tertiary/aromatic N) is 4. The third-order valence-corrected chi connectivity index (χ3v) is 3.94. The fourth-order valence-electron chi connectivity index (χ4n) is 2.75. The minimum absolute atomic E-state index is 0.0421. The van der Waals surface area contributed by atoms with Crippen LogP contribution in [0.2, 0.25) is 0 Å².